The second-order valence-corrected chi connectivity index (χ2v) is 2.69. The zero-order chi connectivity index (χ0) is 9.52. The van der Waals surface area contributed by atoms with Gasteiger partial charge in [-0.1, -0.05) is 13.3 Å². The Hall–Kier alpha value is -1.19. The second-order valence-electron chi connectivity index (χ2n) is 2.69. The van der Waals surface area contributed by atoms with Gasteiger partial charge in [0, 0.05) is 0 Å². The van der Waals surface area contributed by atoms with E-state index in [9.17, 15) is 4.79 Å². The van der Waals surface area contributed by atoms with E-state index < -0.39 is 5.97 Å². The van der Waals surface area contributed by atoms with Gasteiger partial charge >= 0.3 is 5.97 Å². The lowest BCUT2D eigenvalue weighted by atomic mass is 10.4. The Morgan fingerprint density at radius 2 is 2.46 bits per heavy atom. The lowest BCUT2D eigenvalue weighted by Crippen LogP contribution is -2.17. The summed E-state index contributed by atoms with van der Waals surface area (Å²) in [5.41, 5.74) is 0. The molecule has 0 aromatic heterocycles. The van der Waals surface area contributed by atoms with Crippen molar-refractivity contribution in [2.45, 2.75) is 19.8 Å². The van der Waals surface area contributed by atoms with Crippen molar-refractivity contribution in [3.8, 4) is 0 Å². The van der Waals surface area contributed by atoms with Gasteiger partial charge in [0.15, 0.2) is 0 Å². The van der Waals surface area contributed by atoms with E-state index in [1.165, 1.54) is 6.26 Å². The number of hydrogen-bond acceptors (Lipinski definition) is 4. The SMILES string of the molecule is CCCCOC(=O)C1=COCCO1. The summed E-state index contributed by atoms with van der Waals surface area (Å²) in [5.74, 6) is -0.268. The van der Waals surface area contributed by atoms with Crippen molar-refractivity contribution >= 4 is 5.97 Å². The number of rotatable bonds is 4. The fourth-order valence-corrected chi connectivity index (χ4v) is 0.856. The maximum absolute atomic E-state index is 11.2. The molecule has 0 radical (unpaired) electrons. The summed E-state index contributed by atoms with van der Waals surface area (Å²) in [7, 11) is 0. The Morgan fingerprint density at radius 3 is 3.08 bits per heavy atom. The van der Waals surface area contributed by atoms with Crippen LogP contribution in [-0.4, -0.2) is 25.8 Å². The standard InChI is InChI=1S/C9H14O4/c1-2-3-4-13-9(10)8-7-11-5-6-12-8/h7H,2-6H2,1H3. The van der Waals surface area contributed by atoms with Crippen LogP contribution in [-0.2, 0) is 19.0 Å². The maximum Gasteiger partial charge on any atom is 0.376 e. The molecule has 0 aromatic rings. The van der Waals surface area contributed by atoms with Gasteiger partial charge in [-0.15, -0.1) is 0 Å². The minimum atomic E-state index is -0.437. The van der Waals surface area contributed by atoms with E-state index in [4.69, 9.17) is 14.2 Å². The minimum Gasteiger partial charge on any atom is -0.493 e. The first-order valence-corrected chi connectivity index (χ1v) is 4.46. The molecule has 1 rings (SSSR count). The molecule has 1 heterocycles. The zero-order valence-electron chi connectivity index (χ0n) is 7.75. The van der Waals surface area contributed by atoms with Crippen LogP contribution < -0.4 is 0 Å². The molecule has 1 aliphatic heterocycles. The minimum absolute atomic E-state index is 0.169. The number of esters is 1. The summed E-state index contributed by atoms with van der Waals surface area (Å²) < 4.78 is 14.9. The molecule has 74 valence electrons. The lowest BCUT2D eigenvalue weighted by molar-refractivity contribution is -0.144. The molecule has 0 unspecified atom stereocenters. The molecule has 4 nitrogen and oxygen atoms in total. The van der Waals surface area contributed by atoms with Crippen molar-refractivity contribution in [1.29, 1.82) is 0 Å². The largest absolute Gasteiger partial charge is 0.493 e. The van der Waals surface area contributed by atoms with Gasteiger partial charge in [0.1, 0.15) is 19.5 Å². The van der Waals surface area contributed by atoms with Gasteiger partial charge in [0.2, 0.25) is 5.76 Å². The van der Waals surface area contributed by atoms with Gasteiger partial charge in [-0.25, -0.2) is 4.79 Å². The second kappa shape index (κ2) is 5.45. The normalized spacial score (nSPS) is 15.3. The first kappa shape index (κ1) is 9.89. The lowest BCUT2D eigenvalue weighted by Gasteiger charge is -2.14. The topological polar surface area (TPSA) is 44.8 Å². The predicted octanol–water partition coefficient (Wildman–Crippen LogP) is 1.22. The predicted molar refractivity (Wildman–Crippen MR) is 45.9 cm³/mol. The monoisotopic (exact) mass is 186 g/mol. The van der Waals surface area contributed by atoms with Gasteiger partial charge < -0.3 is 14.2 Å². The van der Waals surface area contributed by atoms with E-state index >= 15 is 0 Å². The van der Waals surface area contributed by atoms with Crippen molar-refractivity contribution in [2.24, 2.45) is 0 Å². The Kier molecular flexibility index (Phi) is 4.15. The summed E-state index contributed by atoms with van der Waals surface area (Å²) in [6.07, 6.45) is 3.18. The number of carbonyl (C=O) groups excluding carboxylic acids is 1. The molecular weight excluding hydrogens is 172 g/mol. The van der Waals surface area contributed by atoms with Crippen LogP contribution in [0.2, 0.25) is 0 Å². The molecule has 0 saturated carbocycles. The van der Waals surface area contributed by atoms with E-state index in [0.717, 1.165) is 12.8 Å². The molecule has 4 heteroatoms. The van der Waals surface area contributed by atoms with Gasteiger partial charge in [-0.3, -0.25) is 0 Å². The third-order valence-electron chi connectivity index (χ3n) is 1.58. The Morgan fingerprint density at radius 1 is 1.62 bits per heavy atom. The third kappa shape index (κ3) is 3.36. The van der Waals surface area contributed by atoms with Gasteiger partial charge in [-0.2, -0.15) is 0 Å². The highest BCUT2D eigenvalue weighted by Crippen LogP contribution is 2.06. The first-order valence-electron chi connectivity index (χ1n) is 4.46. The fourth-order valence-electron chi connectivity index (χ4n) is 0.856. The fraction of sp³-hybridized carbons (Fsp3) is 0.667. The van der Waals surface area contributed by atoms with E-state index in [0.29, 0.717) is 19.8 Å². The summed E-state index contributed by atoms with van der Waals surface area (Å²) >= 11 is 0. The molecule has 0 amide bonds. The third-order valence-corrected chi connectivity index (χ3v) is 1.58. The van der Waals surface area contributed by atoms with E-state index in [1.54, 1.807) is 0 Å². The van der Waals surface area contributed by atoms with Crippen LogP contribution in [0.4, 0.5) is 0 Å². The first-order chi connectivity index (χ1) is 6.34. The summed E-state index contributed by atoms with van der Waals surface area (Å²) in [5, 5.41) is 0. The average Bonchev–Trinajstić information content (AvgIpc) is 2.19. The number of hydrogen-bond donors (Lipinski definition) is 0. The van der Waals surface area contributed by atoms with Crippen LogP contribution in [0.15, 0.2) is 12.0 Å². The van der Waals surface area contributed by atoms with Crippen LogP contribution in [0.3, 0.4) is 0 Å². The molecule has 0 N–H and O–H groups in total. The highest BCUT2D eigenvalue weighted by atomic mass is 16.6. The maximum atomic E-state index is 11.2. The zero-order valence-corrected chi connectivity index (χ0v) is 7.75. The van der Waals surface area contributed by atoms with Gasteiger partial charge in [0.05, 0.1) is 6.61 Å². The number of ether oxygens (including phenoxy) is 3. The van der Waals surface area contributed by atoms with Crippen LogP contribution in [0.25, 0.3) is 0 Å². The molecule has 0 spiro atoms. The van der Waals surface area contributed by atoms with E-state index in [2.05, 4.69) is 0 Å². The molecule has 1 aliphatic rings. The summed E-state index contributed by atoms with van der Waals surface area (Å²) in [6.45, 7) is 3.38. The van der Waals surface area contributed by atoms with Crippen molar-refractivity contribution in [3.05, 3.63) is 12.0 Å². The molecule has 0 bridgehead atoms. The Balaban J connectivity index is 2.25. The molecule has 13 heavy (non-hydrogen) atoms. The van der Waals surface area contributed by atoms with Crippen molar-refractivity contribution in [1.82, 2.24) is 0 Å². The van der Waals surface area contributed by atoms with Crippen LogP contribution in [0, 0.1) is 0 Å². The summed E-state index contributed by atoms with van der Waals surface area (Å²) in [6, 6.07) is 0. The molecular formula is C9H14O4. The van der Waals surface area contributed by atoms with Gasteiger partial charge in [0.25, 0.3) is 0 Å². The molecule has 0 fully saturated rings. The van der Waals surface area contributed by atoms with Crippen molar-refractivity contribution in [2.75, 3.05) is 19.8 Å². The number of carbonyl (C=O) groups is 1. The number of unbranched alkanes of at least 4 members (excludes halogenated alkanes) is 1. The van der Waals surface area contributed by atoms with Gasteiger partial charge in [-0.05, 0) is 6.42 Å². The molecule has 0 aromatic carbocycles. The van der Waals surface area contributed by atoms with Crippen LogP contribution >= 0.6 is 0 Å². The highest BCUT2D eigenvalue weighted by molar-refractivity contribution is 5.85. The van der Waals surface area contributed by atoms with Crippen molar-refractivity contribution in [3.63, 3.8) is 0 Å². The van der Waals surface area contributed by atoms with E-state index in [1.807, 2.05) is 6.92 Å². The molecule has 0 aliphatic carbocycles. The smallest absolute Gasteiger partial charge is 0.376 e. The highest BCUT2D eigenvalue weighted by Gasteiger charge is 2.15. The molecule has 0 atom stereocenters. The Labute approximate surface area is 77.5 Å². The van der Waals surface area contributed by atoms with Crippen LogP contribution in [0.5, 0.6) is 0 Å². The van der Waals surface area contributed by atoms with E-state index in [-0.39, 0.29) is 5.76 Å². The quantitative estimate of drug-likeness (QED) is 0.489. The van der Waals surface area contributed by atoms with Crippen LogP contribution in [0.1, 0.15) is 19.8 Å². The summed E-state index contributed by atoms with van der Waals surface area (Å²) in [4.78, 5) is 11.2. The van der Waals surface area contributed by atoms with Crippen molar-refractivity contribution < 1.29 is 19.0 Å². The molecule has 0 saturated heterocycles. The average molecular weight is 186 g/mol. The Bertz CT molecular complexity index is 198.